The van der Waals surface area contributed by atoms with Gasteiger partial charge in [0.05, 0.1) is 0 Å². The largest absolute Gasteiger partial charge is 0.486 e. The van der Waals surface area contributed by atoms with Crippen LogP contribution in [-0.4, -0.2) is 15.0 Å². The first-order chi connectivity index (χ1) is 11.2. The fourth-order valence-electron chi connectivity index (χ4n) is 1.90. The van der Waals surface area contributed by atoms with E-state index in [1.807, 2.05) is 42.5 Å². The summed E-state index contributed by atoms with van der Waals surface area (Å²) in [4.78, 5) is 11.6. The topological polar surface area (TPSA) is 109 Å². The van der Waals surface area contributed by atoms with Crippen LogP contribution >= 0.6 is 0 Å². The van der Waals surface area contributed by atoms with Crippen molar-refractivity contribution in [3.63, 3.8) is 0 Å². The Hall–Kier alpha value is -3.35. The molecule has 116 valence electrons. The maximum absolute atomic E-state index is 5.71. The third-order valence-corrected chi connectivity index (χ3v) is 2.89. The van der Waals surface area contributed by atoms with Crippen LogP contribution in [0.2, 0.25) is 0 Å². The van der Waals surface area contributed by atoms with Crippen molar-refractivity contribution in [1.29, 1.82) is 0 Å². The molecule has 3 aromatic rings. The van der Waals surface area contributed by atoms with Gasteiger partial charge >= 0.3 is 0 Å². The summed E-state index contributed by atoms with van der Waals surface area (Å²) in [6.45, 7) is 0.149. The highest BCUT2D eigenvalue weighted by atomic mass is 16.5. The smallest absolute Gasteiger partial charge is 0.225 e. The number of rotatable bonds is 5. The summed E-state index contributed by atoms with van der Waals surface area (Å²) in [7, 11) is 0. The number of hydrogen-bond acceptors (Lipinski definition) is 7. The number of nitrogens with two attached hydrogens (primary N) is 2. The number of para-hydroxylation sites is 1. The molecule has 0 spiro atoms. The van der Waals surface area contributed by atoms with Crippen molar-refractivity contribution in [2.45, 2.75) is 6.61 Å². The van der Waals surface area contributed by atoms with Gasteiger partial charge in [0.15, 0.2) is 5.82 Å². The van der Waals surface area contributed by atoms with E-state index in [1.165, 1.54) is 0 Å². The van der Waals surface area contributed by atoms with E-state index in [0.717, 1.165) is 11.5 Å². The first kappa shape index (κ1) is 14.6. The molecular formula is C16H15N5O2. The molecule has 7 heteroatoms. The summed E-state index contributed by atoms with van der Waals surface area (Å²) >= 11 is 0. The summed E-state index contributed by atoms with van der Waals surface area (Å²) in [6, 6.07) is 16.8. The van der Waals surface area contributed by atoms with Gasteiger partial charge < -0.3 is 20.9 Å². The molecule has 0 bridgehead atoms. The molecule has 0 aliphatic carbocycles. The second-order valence-electron chi connectivity index (χ2n) is 4.64. The lowest BCUT2D eigenvalue weighted by Crippen LogP contribution is -2.09. The van der Waals surface area contributed by atoms with Crippen molar-refractivity contribution in [2.24, 2.45) is 0 Å². The Labute approximate surface area is 132 Å². The summed E-state index contributed by atoms with van der Waals surface area (Å²) in [6.07, 6.45) is 0. The third kappa shape index (κ3) is 4.07. The minimum Gasteiger partial charge on any atom is -0.486 e. The molecule has 0 unspecified atom stereocenters. The molecule has 1 aromatic heterocycles. The van der Waals surface area contributed by atoms with E-state index in [1.54, 1.807) is 12.1 Å². The second-order valence-corrected chi connectivity index (χ2v) is 4.64. The number of nitrogens with zero attached hydrogens (tertiary/aromatic N) is 3. The molecule has 4 N–H and O–H groups in total. The highest BCUT2D eigenvalue weighted by Crippen LogP contribution is 2.23. The van der Waals surface area contributed by atoms with Gasteiger partial charge in [0.2, 0.25) is 11.9 Å². The maximum atomic E-state index is 5.71. The number of aromatic nitrogens is 3. The van der Waals surface area contributed by atoms with Crippen LogP contribution in [0.5, 0.6) is 17.2 Å². The van der Waals surface area contributed by atoms with Crippen molar-refractivity contribution in [3.05, 3.63) is 60.4 Å². The zero-order chi connectivity index (χ0) is 16.1. The summed E-state index contributed by atoms with van der Waals surface area (Å²) in [5.74, 6) is 2.67. The fourth-order valence-corrected chi connectivity index (χ4v) is 1.90. The molecule has 0 saturated carbocycles. The van der Waals surface area contributed by atoms with Crippen LogP contribution in [0.15, 0.2) is 54.6 Å². The second kappa shape index (κ2) is 6.61. The van der Waals surface area contributed by atoms with Crippen molar-refractivity contribution in [2.75, 3.05) is 11.5 Å². The van der Waals surface area contributed by atoms with Crippen LogP contribution in [0.1, 0.15) is 5.82 Å². The molecule has 0 fully saturated rings. The van der Waals surface area contributed by atoms with E-state index in [4.69, 9.17) is 20.9 Å². The van der Waals surface area contributed by atoms with Crippen LogP contribution in [0.25, 0.3) is 0 Å². The normalized spacial score (nSPS) is 10.3. The molecule has 0 radical (unpaired) electrons. The lowest BCUT2D eigenvalue weighted by atomic mass is 10.3. The van der Waals surface area contributed by atoms with Gasteiger partial charge in [-0.2, -0.15) is 15.0 Å². The van der Waals surface area contributed by atoms with E-state index in [9.17, 15) is 0 Å². The van der Waals surface area contributed by atoms with Gasteiger partial charge in [-0.25, -0.2) is 0 Å². The summed E-state index contributed by atoms with van der Waals surface area (Å²) in [5.41, 5.74) is 11.0. The molecule has 3 rings (SSSR count). The zero-order valence-electron chi connectivity index (χ0n) is 12.2. The molecule has 23 heavy (non-hydrogen) atoms. The standard InChI is InChI=1S/C16H15N5O2/c17-15-19-14(20-16(18)21-15)10-22-11-6-8-13(9-7-11)23-12-4-2-1-3-5-12/h1-9H,10H2,(H4,17,18,19,20,21). The first-order valence-electron chi connectivity index (χ1n) is 6.91. The van der Waals surface area contributed by atoms with Gasteiger partial charge in [0.1, 0.15) is 23.9 Å². The Morgan fingerprint density at radius 2 is 1.26 bits per heavy atom. The molecule has 0 amide bonds. The number of ether oxygens (including phenoxy) is 2. The van der Waals surface area contributed by atoms with E-state index in [-0.39, 0.29) is 18.5 Å². The predicted octanol–water partition coefficient (Wildman–Crippen LogP) is 2.41. The molecule has 7 nitrogen and oxygen atoms in total. The Morgan fingerprint density at radius 1 is 0.696 bits per heavy atom. The van der Waals surface area contributed by atoms with Crippen LogP contribution < -0.4 is 20.9 Å². The van der Waals surface area contributed by atoms with E-state index >= 15 is 0 Å². The first-order valence-corrected chi connectivity index (χ1v) is 6.91. The van der Waals surface area contributed by atoms with Gasteiger partial charge in [-0.3, -0.25) is 0 Å². The Bertz CT molecular complexity index is 758. The quantitative estimate of drug-likeness (QED) is 0.744. The minimum atomic E-state index is 0.0720. The predicted molar refractivity (Wildman–Crippen MR) is 85.9 cm³/mol. The van der Waals surface area contributed by atoms with Crippen molar-refractivity contribution in [3.8, 4) is 17.2 Å². The van der Waals surface area contributed by atoms with Gasteiger partial charge in [-0.1, -0.05) is 18.2 Å². The number of hydrogen-bond donors (Lipinski definition) is 2. The highest BCUT2D eigenvalue weighted by molar-refractivity contribution is 5.35. The van der Waals surface area contributed by atoms with Crippen LogP contribution in [0, 0.1) is 0 Å². The molecule has 0 saturated heterocycles. The monoisotopic (exact) mass is 309 g/mol. The van der Waals surface area contributed by atoms with E-state index in [2.05, 4.69) is 15.0 Å². The lowest BCUT2D eigenvalue weighted by Gasteiger charge is -2.08. The van der Waals surface area contributed by atoms with E-state index in [0.29, 0.717) is 11.6 Å². The molecule has 2 aromatic carbocycles. The van der Waals surface area contributed by atoms with Crippen LogP contribution in [0.4, 0.5) is 11.9 Å². The van der Waals surface area contributed by atoms with Gasteiger partial charge in [0.25, 0.3) is 0 Å². The average molecular weight is 309 g/mol. The van der Waals surface area contributed by atoms with Crippen LogP contribution in [0.3, 0.4) is 0 Å². The summed E-state index contributed by atoms with van der Waals surface area (Å²) in [5, 5.41) is 0. The molecule has 0 atom stereocenters. The average Bonchev–Trinajstić information content (AvgIpc) is 2.54. The van der Waals surface area contributed by atoms with Crippen molar-refractivity contribution >= 4 is 11.9 Å². The SMILES string of the molecule is Nc1nc(N)nc(COc2ccc(Oc3ccccc3)cc2)n1. The number of anilines is 2. The van der Waals surface area contributed by atoms with E-state index < -0.39 is 0 Å². The Morgan fingerprint density at radius 3 is 1.91 bits per heavy atom. The van der Waals surface area contributed by atoms with Gasteiger partial charge in [0, 0.05) is 0 Å². The van der Waals surface area contributed by atoms with Gasteiger partial charge in [-0.05, 0) is 36.4 Å². The highest BCUT2D eigenvalue weighted by Gasteiger charge is 2.04. The maximum Gasteiger partial charge on any atom is 0.225 e. The molecular weight excluding hydrogens is 294 g/mol. The lowest BCUT2D eigenvalue weighted by molar-refractivity contribution is 0.295. The number of benzene rings is 2. The minimum absolute atomic E-state index is 0.0720. The van der Waals surface area contributed by atoms with Crippen LogP contribution in [-0.2, 0) is 6.61 Å². The molecule has 0 aliphatic rings. The fraction of sp³-hybridized carbons (Fsp3) is 0.0625. The molecule has 0 aliphatic heterocycles. The summed E-state index contributed by atoms with van der Waals surface area (Å²) < 4.78 is 11.3. The van der Waals surface area contributed by atoms with Gasteiger partial charge in [-0.15, -0.1) is 0 Å². The number of nitrogen functional groups attached to an aromatic ring is 2. The van der Waals surface area contributed by atoms with Crippen molar-refractivity contribution in [1.82, 2.24) is 15.0 Å². The Kier molecular flexibility index (Phi) is 4.19. The molecule has 1 heterocycles. The Balaban J connectivity index is 1.61. The zero-order valence-corrected chi connectivity index (χ0v) is 12.2. The third-order valence-electron chi connectivity index (χ3n) is 2.89. The van der Waals surface area contributed by atoms with Crippen molar-refractivity contribution < 1.29 is 9.47 Å².